The van der Waals surface area contributed by atoms with E-state index in [0.717, 1.165) is 44.9 Å². The van der Waals surface area contributed by atoms with E-state index in [0.29, 0.717) is 6.61 Å². The third-order valence-corrected chi connectivity index (χ3v) is 3.78. The van der Waals surface area contributed by atoms with Crippen LogP contribution in [0.15, 0.2) is 4.99 Å². The fourth-order valence-corrected chi connectivity index (χ4v) is 2.62. The van der Waals surface area contributed by atoms with Gasteiger partial charge in [-0.3, -0.25) is 4.99 Å². The molecule has 1 saturated carbocycles. The zero-order valence-corrected chi connectivity index (χ0v) is 13.3. The first-order valence-electron chi connectivity index (χ1n) is 7.84. The number of hydrogen-bond donors (Lipinski definition) is 2. The van der Waals surface area contributed by atoms with Gasteiger partial charge in [0.1, 0.15) is 0 Å². The zero-order valence-electron chi connectivity index (χ0n) is 13.3. The molecule has 5 nitrogen and oxygen atoms in total. The molecule has 0 amide bonds. The molecule has 20 heavy (non-hydrogen) atoms. The van der Waals surface area contributed by atoms with Crippen LogP contribution < -0.4 is 10.6 Å². The summed E-state index contributed by atoms with van der Waals surface area (Å²) >= 11 is 0. The maximum absolute atomic E-state index is 6.17. The zero-order chi connectivity index (χ0) is 14.7. The molecule has 0 heterocycles. The van der Waals surface area contributed by atoms with Crippen LogP contribution in [0.2, 0.25) is 0 Å². The molecular weight excluding hydrogens is 254 g/mol. The summed E-state index contributed by atoms with van der Waals surface area (Å²) in [6.45, 7) is 5.28. The highest BCUT2D eigenvalue weighted by Crippen LogP contribution is 2.31. The normalized spacial score (nSPS) is 18.9. The molecule has 1 aliphatic rings. The van der Waals surface area contributed by atoms with Crippen LogP contribution in [0.3, 0.4) is 0 Å². The summed E-state index contributed by atoms with van der Waals surface area (Å²) in [5.74, 6) is 0.826. The van der Waals surface area contributed by atoms with Crippen LogP contribution in [0.4, 0.5) is 0 Å². The second kappa shape index (κ2) is 10.00. The summed E-state index contributed by atoms with van der Waals surface area (Å²) in [5, 5.41) is 6.65. The summed E-state index contributed by atoms with van der Waals surface area (Å²) < 4.78 is 11.2. The molecule has 5 heteroatoms. The quantitative estimate of drug-likeness (QED) is 0.406. The number of methoxy groups -OCH3 is 1. The van der Waals surface area contributed by atoms with E-state index >= 15 is 0 Å². The molecule has 0 spiro atoms. The Hall–Kier alpha value is -0.810. The summed E-state index contributed by atoms with van der Waals surface area (Å²) in [6.07, 6.45) is 7.23. The Morgan fingerprint density at radius 3 is 2.50 bits per heavy atom. The highest BCUT2D eigenvalue weighted by Gasteiger charge is 2.32. The molecule has 1 fully saturated rings. The molecule has 0 atom stereocenters. The number of hydrogen-bond acceptors (Lipinski definition) is 3. The van der Waals surface area contributed by atoms with Gasteiger partial charge in [-0.2, -0.15) is 0 Å². The van der Waals surface area contributed by atoms with E-state index in [4.69, 9.17) is 9.47 Å². The van der Waals surface area contributed by atoms with Crippen molar-refractivity contribution in [3.63, 3.8) is 0 Å². The van der Waals surface area contributed by atoms with Gasteiger partial charge >= 0.3 is 0 Å². The highest BCUT2D eigenvalue weighted by atomic mass is 16.5. The smallest absolute Gasteiger partial charge is 0.191 e. The van der Waals surface area contributed by atoms with Crippen LogP contribution in [-0.4, -0.2) is 52.0 Å². The minimum atomic E-state index is -0.00681. The van der Waals surface area contributed by atoms with Gasteiger partial charge in [0.05, 0.1) is 12.2 Å². The number of rotatable bonds is 8. The molecule has 1 rings (SSSR count). The maximum atomic E-state index is 6.17. The van der Waals surface area contributed by atoms with E-state index in [1.807, 2.05) is 0 Å². The van der Waals surface area contributed by atoms with Crippen molar-refractivity contribution in [1.82, 2.24) is 10.6 Å². The first kappa shape index (κ1) is 17.2. The fourth-order valence-electron chi connectivity index (χ4n) is 2.62. The van der Waals surface area contributed by atoms with Crippen LogP contribution in [0.1, 0.15) is 45.4 Å². The molecule has 0 aromatic rings. The van der Waals surface area contributed by atoms with Crippen molar-refractivity contribution in [2.45, 2.75) is 51.0 Å². The Balaban J connectivity index is 2.43. The second-order valence-electron chi connectivity index (χ2n) is 5.44. The standard InChI is InChI=1S/C15H31N3O2/c1-4-11-20-15(8-6-5-7-9-15)13-18-14(16-2)17-10-12-19-3/h4-13H2,1-3H3,(H2,16,17,18). The van der Waals surface area contributed by atoms with E-state index in [2.05, 4.69) is 22.5 Å². The third-order valence-electron chi connectivity index (χ3n) is 3.78. The van der Waals surface area contributed by atoms with Gasteiger partial charge in [-0.15, -0.1) is 0 Å². The molecule has 118 valence electrons. The van der Waals surface area contributed by atoms with Crippen molar-refractivity contribution in [2.24, 2.45) is 4.99 Å². The predicted molar refractivity (Wildman–Crippen MR) is 83.3 cm³/mol. The first-order valence-corrected chi connectivity index (χ1v) is 7.84. The lowest BCUT2D eigenvalue weighted by atomic mass is 9.84. The Morgan fingerprint density at radius 1 is 1.15 bits per heavy atom. The lowest BCUT2D eigenvalue weighted by Crippen LogP contribution is -2.50. The summed E-state index contributed by atoms with van der Waals surface area (Å²) in [6, 6.07) is 0. The van der Waals surface area contributed by atoms with Crippen LogP contribution in [-0.2, 0) is 9.47 Å². The van der Waals surface area contributed by atoms with Crippen molar-refractivity contribution in [2.75, 3.05) is 40.5 Å². The van der Waals surface area contributed by atoms with Crippen molar-refractivity contribution in [1.29, 1.82) is 0 Å². The van der Waals surface area contributed by atoms with E-state index in [1.165, 1.54) is 19.3 Å². The minimum Gasteiger partial charge on any atom is -0.383 e. The molecule has 0 unspecified atom stereocenters. The van der Waals surface area contributed by atoms with Crippen molar-refractivity contribution >= 4 is 5.96 Å². The first-order chi connectivity index (χ1) is 9.76. The monoisotopic (exact) mass is 285 g/mol. The molecule has 0 bridgehead atoms. The highest BCUT2D eigenvalue weighted by molar-refractivity contribution is 5.79. The van der Waals surface area contributed by atoms with E-state index in [9.17, 15) is 0 Å². The molecule has 0 aromatic heterocycles. The van der Waals surface area contributed by atoms with Gasteiger partial charge in [0, 0.05) is 33.9 Å². The van der Waals surface area contributed by atoms with Crippen LogP contribution >= 0.6 is 0 Å². The fraction of sp³-hybridized carbons (Fsp3) is 0.933. The molecule has 0 saturated heterocycles. The van der Waals surface area contributed by atoms with Crippen LogP contribution in [0, 0.1) is 0 Å². The van der Waals surface area contributed by atoms with E-state index < -0.39 is 0 Å². The lowest BCUT2D eigenvalue weighted by Gasteiger charge is -2.37. The van der Waals surface area contributed by atoms with Gasteiger partial charge in [-0.25, -0.2) is 0 Å². The van der Waals surface area contributed by atoms with Gasteiger partial charge in [0.25, 0.3) is 0 Å². The molecular formula is C15H31N3O2. The van der Waals surface area contributed by atoms with Gasteiger partial charge in [-0.05, 0) is 19.3 Å². The lowest BCUT2D eigenvalue weighted by molar-refractivity contribution is -0.0657. The Labute approximate surface area is 123 Å². The number of nitrogens with one attached hydrogen (secondary N) is 2. The maximum Gasteiger partial charge on any atom is 0.191 e. The second-order valence-corrected chi connectivity index (χ2v) is 5.44. The topological polar surface area (TPSA) is 54.9 Å². The van der Waals surface area contributed by atoms with Gasteiger partial charge < -0.3 is 20.1 Å². The molecule has 0 aromatic carbocycles. The Morgan fingerprint density at radius 2 is 1.90 bits per heavy atom. The predicted octanol–water partition coefficient (Wildman–Crippen LogP) is 1.93. The van der Waals surface area contributed by atoms with Crippen LogP contribution in [0.5, 0.6) is 0 Å². The van der Waals surface area contributed by atoms with Gasteiger partial charge in [-0.1, -0.05) is 26.2 Å². The van der Waals surface area contributed by atoms with Crippen LogP contribution in [0.25, 0.3) is 0 Å². The number of aliphatic imine (C=N–C) groups is 1. The van der Waals surface area contributed by atoms with E-state index in [-0.39, 0.29) is 5.60 Å². The number of guanidine groups is 1. The summed E-state index contributed by atoms with van der Waals surface area (Å²) in [4.78, 5) is 4.24. The largest absolute Gasteiger partial charge is 0.383 e. The van der Waals surface area contributed by atoms with Crippen molar-refractivity contribution in [3.8, 4) is 0 Å². The average Bonchev–Trinajstić information content (AvgIpc) is 2.50. The third kappa shape index (κ3) is 6.09. The average molecular weight is 285 g/mol. The van der Waals surface area contributed by atoms with Crippen molar-refractivity contribution in [3.05, 3.63) is 0 Å². The molecule has 2 N–H and O–H groups in total. The van der Waals surface area contributed by atoms with Crippen molar-refractivity contribution < 1.29 is 9.47 Å². The number of nitrogens with zero attached hydrogens (tertiary/aromatic N) is 1. The summed E-state index contributed by atoms with van der Waals surface area (Å²) in [5.41, 5.74) is -0.00681. The number of ether oxygens (including phenoxy) is 2. The Kier molecular flexibility index (Phi) is 8.62. The minimum absolute atomic E-state index is 0.00681. The SMILES string of the molecule is CCCOC1(CNC(=NC)NCCOC)CCCCC1. The van der Waals surface area contributed by atoms with E-state index in [1.54, 1.807) is 14.2 Å². The molecule has 0 aliphatic heterocycles. The van der Waals surface area contributed by atoms with Gasteiger partial charge in [0.15, 0.2) is 5.96 Å². The molecule has 0 radical (unpaired) electrons. The van der Waals surface area contributed by atoms with Gasteiger partial charge in [0.2, 0.25) is 0 Å². The molecule has 1 aliphatic carbocycles. The Bertz CT molecular complexity index is 276. The summed E-state index contributed by atoms with van der Waals surface area (Å²) in [7, 11) is 3.50.